The molecule has 1 aliphatic rings. The number of benzene rings is 1. The highest BCUT2D eigenvalue weighted by Gasteiger charge is 2.21. The van der Waals surface area contributed by atoms with Crippen LogP contribution in [0.2, 0.25) is 0 Å². The number of rotatable bonds is 6. The third kappa shape index (κ3) is 3.51. The minimum atomic E-state index is -0.430. The molecule has 1 N–H and O–H groups in total. The second-order valence-corrected chi connectivity index (χ2v) is 4.32. The van der Waals surface area contributed by atoms with Gasteiger partial charge in [0.25, 0.3) is 0 Å². The fourth-order valence-electron chi connectivity index (χ4n) is 1.45. The normalized spacial score (nSPS) is 17.1. The average Bonchev–Trinajstić information content (AvgIpc) is 3.09. The third-order valence-electron chi connectivity index (χ3n) is 2.72. The largest absolute Gasteiger partial charge is 0.468 e. The summed E-state index contributed by atoms with van der Waals surface area (Å²) in [5, 5.41) is 9.33. The molecule has 0 saturated heterocycles. The molecule has 0 bridgehead atoms. The molecule has 1 atom stereocenters. The van der Waals surface area contributed by atoms with Crippen LogP contribution in [0.4, 0.5) is 0 Å². The van der Waals surface area contributed by atoms with Gasteiger partial charge < -0.3 is 14.6 Å². The smallest absolute Gasteiger partial charge is 0.189 e. The first kappa shape index (κ1) is 11.4. The number of hydrogen-bond acceptors (Lipinski definition) is 3. The average molecular weight is 222 g/mol. The van der Waals surface area contributed by atoms with Crippen molar-refractivity contribution in [1.29, 1.82) is 0 Å². The Morgan fingerprint density at radius 2 is 2.00 bits per heavy atom. The van der Waals surface area contributed by atoms with E-state index in [1.807, 2.05) is 24.3 Å². The van der Waals surface area contributed by atoms with Crippen molar-refractivity contribution in [3.8, 4) is 5.75 Å². The summed E-state index contributed by atoms with van der Waals surface area (Å²) in [7, 11) is 0. The van der Waals surface area contributed by atoms with Crippen LogP contribution in [0, 0.1) is 5.92 Å². The van der Waals surface area contributed by atoms with Crippen LogP contribution in [-0.2, 0) is 4.74 Å². The Bertz CT molecular complexity index is 314. The van der Waals surface area contributed by atoms with E-state index in [0.717, 1.165) is 23.8 Å². The zero-order valence-corrected chi connectivity index (χ0v) is 9.56. The Hall–Kier alpha value is -1.06. The summed E-state index contributed by atoms with van der Waals surface area (Å²) >= 11 is 0. The molecular weight excluding hydrogens is 204 g/mol. The topological polar surface area (TPSA) is 38.7 Å². The summed E-state index contributed by atoms with van der Waals surface area (Å²) in [5.74, 6) is 1.54. The van der Waals surface area contributed by atoms with Gasteiger partial charge in [0.05, 0.1) is 12.7 Å². The summed E-state index contributed by atoms with van der Waals surface area (Å²) in [6.45, 7) is 2.87. The molecule has 0 unspecified atom stereocenters. The first-order chi connectivity index (χ1) is 7.75. The summed E-state index contributed by atoms with van der Waals surface area (Å²) in [5.41, 5.74) is 0.895. The highest BCUT2D eigenvalue weighted by Crippen LogP contribution is 2.28. The second kappa shape index (κ2) is 5.32. The lowest BCUT2D eigenvalue weighted by Crippen LogP contribution is -2.05. The van der Waals surface area contributed by atoms with E-state index in [1.165, 1.54) is 12.8 Å². The fourth-order valence-corrected chi connectivity index (χ4v) is 1.45. The molecule has 88 valence electrons. The van der Waals surface area contributed by atoms with Crippen molar-refractivity contribution in [2.45, 2.75) is 25.9 Å². The molecule has 1 fully saturated rings. The fraction of sp³-hybridized carbons (Fsp3) is 0.538. The van der Waals surface area contributed by atoms with Crippen molar-refractivity contribution in [3.05, 3.63) is 29.8 Å². The molecule has 1 aromatic carbocycles. The van der Waals surface area contributed by atoms with Crippen LogP contribution in [0.5, 0.6) is 5.75 Å². The highest BCUT2D eigenvalue weighted by atomic mass is 16.7. The third-order valence-corrected chi connectivity index (χ3v) is 2.72. The molecule has 3 nitrogen and oxygen atoms in total. The maximum absolute atomic E-state index is 9.33. The Balaban J connectivity index is 1.71. The van der Waals surface area contributed by atoms with Crippen LogP contribution in [-0.4, -0.2) is 18.5 Å². The molecule has 0 aliphatic heterocycles. The molecule has 0 spiro atoms. The van der Waals surface area contributed by atoms with Crippen LogP contribution in [0.15, 0.2) is 24.3 Å². The van der Waals surface area contributed by atoms with Crippen molar-refractivity contribution in [2.75, 3.05) is 13.4 Å². The van der Waals surface area contributed by atoms with Gasteiger partial charge in [-0.05, 0) is 43.4 Å². The van der Waals surface area contributed by atoms with Crippen LogP contribution >= 0.6 is 0 Å². The van der Waals surface area contributed by atoms with Crippen molar-refractivity contribution < 1.29 is 14.6 Å². The molecule has 0 radical (unpaired) electrons. The van der Waals surface area contributed by atoms with Gasteiger partial charge in [-0.1, -0.05) is 12.1 Å². The summed E-state index contributed by atoms with van der Waals surface area (Å²) < 4.78 is 10.8. The second-order valence-electron chi connectivity index (χ2n) is 4.32. The quantitative estimate of drug-likeness (QED) is 0.593. The maximum atomic E-state index is 9.33. The van der Waals surface area contributed by atoms with E-state index in [1.54, 1.807) is 6.92 Å². The number of ether oxygens (including phenoxy) is 2. The summed E-state index contributed by atoms with van der Waals surface area (Å²) in [4.78, 5) is 0. The molecule has 16 heavy (non-hydrogen) atoms. The molecular formula is C13H18O3. The monoisotopic (exact) mass is 222 g/mol. The predicted molar refractivity (Wildman–Crippen MR) is 61.2 cm³/mol. The minimum absolute atomic E-state index is 0.310. The van der Waals surface area contributed by atoms with Gasteiger partial charge in [0, 0.05) is 0 Å². The standard InChI is InChI=1S/C13H18O3/c1-10(14)12-4-6-13(7-5-12)16-9-15-8-11-2-3-11/h4-7,10-11,14H,2-3,8-9H2,1H3/t10-/m0/s1. The van der Waals surface area contributed by atoms with E-state index in [2.05, 4.69) is 0 Å². The van der Waals surface area contributed by atoms with Crippen molar-refractivity contribution in [1.82, 2.24) is 0 Å². The minimum Gasteiger partial charge on any atom is -0.468 e. The van der Waals surface area contributed by atoms with Crippen molar-refractivity contribution in [2.24, 2.45) is 5.92 Å². The Morgan fingerprint density at radius 3 is 2.56 bits per heavy atom. The molecule has 1 aromatic rings. The molecule has 0 amide bonds. The van der Waals surface area contributed by atoms with E-state index in [-0.39, 0.29) is 0 Å². The van der Waals surface area contributed by atoms with Crippen LogP contribution in [0.3, 0.4) is 0 Å². The van der Waals surface area contributed by atoms with E-state index < -0.39 is 6.10 Å². The lowest BCUT2D eigenvalue weighted by Gasteiger charge is -2.08. The molecule has 2 rings (SSSR count). The van der Waals surface area contributed by atoms with Gasteiger partial charge in [-0.2, -0.15) is 0 Å². The Kier molecular flexibility index (Phi) is 3.80. The van der Waals surface area contributed by atoms with Gasteiger partial charge in [0.1, 0.15) is 5.75 Å². The van der Waals surface area contributed by atoms with E-state index in [4.69, 9.17) is 9.47 Å². The van der Waals surface area contributed by atoms with Gasteiger partial charge in [0.15, 0.2) is 6.79 Å². The van der Waals surface area contributed by atoms with E-state index in [0.29, 0.717) is 6.79 Å². The van der Waals surface area contributed by atoms with Crippen LogP contribution in [0.25, 0.3) is 0 Å². The summed E-state index contributed by atoms with van der Waals surface area (Å²) in [6, 6.07) is 7.42. The van der Waals surface area contributed by atoms with Gasteiger partial charge in [-0.25, -0.2) is 0 Å². The zero-order valence-electron chi connectivity index (χ0n) is 9.56. The molecule has 1 aliphatic carbocycles. The molecule has 0 aromatic heterocycles. The maximum Gasteiger partial charge on any atom is 0.189 e. The first-order valence-corrected chi connectivity index (χ1v) is 5.74. The Labute approximate surface area is 96.0 Å². The molecule has 1 saturated carbocycles. The zero-order chi connectivity index (χ0) is 11.4. The van der Waals surface area contributed by atoms with Gasteiger partial charge in [-0.15, -0.1) is 0 Å². The van der Waals surface area contributed by atoms with Gasteiger partial charge in [0.2, 0.25) is 0 Å². The van der Waals surface area contributed by atoms with Gasteiger partial charge >= 0.3 is 0 Å². The van der Waals surface area contributed by atoms with E-state index >= 15 is 0 Å². The van der Waals surface area contributed by atoms with Gasteiger partial charge in [-0.3, -0.25) is 0 Å². The van der Waals surface area contributed by atoms with Crippen LogP contribution < -0.4 is 4.74 Å². The SMILES string of the molecule is C[C@H](O)c1ccc(OCOCC2CC2)cc1. The van der Waals surface area contributed by atoms with Crippen molar-refractivity contribution in [3.63, 3.8) is 0 Å². The van der Waals surface area contributed by atoms with Crippen LogP contribution in [0.1, 0.15) is 31.4 Å². The molecule has 3 heteroatoms. The Morgan fingerprint density at radius 1 is 1.31 bits per heavy atom. The summed E-state index contributed by atoms with van der Waals surface area (Å²) in [6.07, 6.45) is 2.16. The lowest BCUT2D eigenvalue weighted by molar-refractivity contribution is 0.00996. The van der Waals surface area contributed by atoms with E-state index in [9.17, 15) is 5.11 Å². The highest BCUT2D eigenvalue weighted by molar-refractivity contribution is 5.28. The number of hydrogen-bond donors (Lipinski definition) is 1. The predicted octanol–water partition coefficient (Wildman–Crippen LogP) is 2.50. The lowest BCUT2D eigenvalue weighted by atomic mass is 10.1. The van der Waals surface area contributed by atoms with Crippen molar-refractivity contribution >= 4 is 0 Å². The number of aliphatic hydroxyl groups excluding tert-OH is 1. The molecule has 0 heterocycles. The first-order valence-electron chi connectivity index (χ1n) is 5.74. The number of aliphatic hydroxyl groups is 1.